The maximum atomic E-state index is 13.7. The Morgan fingerprint density at radius 2 is 2.21 bits per heavy atom. The third-order valence-electron chi connectivity index (χ3n) is 4.69. The van der Waals surface area contributed by atoms with E-state index in [2.05, 4.69) is 5.32 Å². The number of thiocarbonyl (C=S) groups is 1. The highest BCUT2D eigenvalue weighted by Gasteiger charge is 2.38. The largest absolute Gasteiger partial charge is 0.389 e. The third kappa shape index (κ3) is 2.59. The van der Waals surface area contributed by atoms with Crippen LogP contribution in [-0.4, -0.2) is 11.5 Å². The van der Waals surface area contributed by atoms with Crippen molar-refractivity contribution >= 4 is 22.9 Å². The van der Waals surface area contributed by atoms with Gasteiger partial charge >= 0.3 is 0 Å². The van der Waals surface area contributed by atoms with Gasteiger partial charge in [-0.1, -0.05) is 18.6 Å². The monoisotopic (exact) mass is 278 g/mol. The van der Waals surface area contributed by atoms with E-state index >= 15 is 0 Å². The van der Waals surface area contributed by atoms with E-state index in [-0.39, 0.29) is 10.8 Å². The predicted molar refractivity (Wildman–Crippen MR) is 79.7 cm³/mol. The molecular weight excluding hydrogens is 259 g/mol. The van der Waals surface area contributed by atoms with Crippen LogP contribution >= 0.6 is 12.2 Å². The molecule has 0 amide bonds. The predicted octanol–water partition coefficient (Wildman–Crippen LogP) is 3.31. The molecule has 0 aromatic heterocycles. The fourth-order valence-corrected chi connectivity index (χ4v) is 3.87. The summed E-state index contributed by atoms with van der Waals surface area (Å²) in [5.41, 5.74) is 6.59. The lowest BCUT2D eigenvalue weighted by atomic mass is 9.89. The van der Waals surface area contributed by atoms with Crippen LogP contribution in [0.15, 0.2) is 18.2 Å². The molecule has 19 heavy (non-hydrogen) atoms. The van der Waals surface area contributed by atoms with Gasteiger partial charge < -0.3 is 11.1 Å². The number of nitrogens with one attached hydrogen (secondary N) is 1. The molecule has 0 aliphatic heterocycles. The van der Waals surface area contributed by atoms with Crippen molar-refractivity contribution in [3.63, 3.8) is 0 Å². The molecule has 2 saturated carbocycles. The van der Waals surface area contributed by atoms with Crippen molar-refractivity contribution in [2.75, 3.05) is 11.9 Å². The molecule has 2 bridgehead atoms. The standard InChI is InChI=1S/C15H19FN2S/c16-14-7-12(3-4-13(14)15(17)19)18-8-11-6-9-1-2-10(11)5-9/h3-4,7,9-11,18H,1-2,5-6,8H2,(H2,17,19). The Morgan fingerprint density at radius 3 is 2.79 bits per heavy atom. The second-order valence-electron chi connectivity index (χ2n) is 5.87. The molecule has 2 aliphatic carbocycles. The van der Waals surface area contributed by atoms with Crippen LogP contribution in [0, 0.1) is 23.6 Å². The summed E-state index contributed by atoms with van der Waals surface area (Å²) in [6.45, 7) is 0.951. The van der Waals surface area contributed by atoms with Crippen LogP contribution in [0.4, 0.5) is 10.1 Å². The molecular formula is C15H19FN2S. The quantitative estimate of drug-likeness (QED) is 0.830. The molecule has 0 heterocycles. The summed E-state index contributed by atoms with van der Waals surface area (Å²) in [7, 11) is 0. The molecule has 0 saturated heterocycles. The van der Waals surface area contributed by atoms with Gasteiger partial charge in [0.2, 0.25) is 0 Å². The van der Waals surface area contributed by atoms with Crippen LogP contribution in [-0.2, 0) is 0 Å². The third-order valence-corrected chi connectivity index (χ3v) is 4.91. The molecule has 2 aliphatic rings. The molecule has 1 aromatic rings. The van der Waals surface area contributed by atoms with Gasteiger partial charge in [0.15, 0.2) is 0 Å². The first-order valence-electron chi connectivity index (χ1n) is 6.96. The second kappa shape index (κ2) is 5.08. The molecule has 0 radical (unpaired) electrons. The first-order valence-corrected chi connectivity index (χ1v) is 7.37. The molecule has 0 spiro atoms. The molecule has 3 unspecified atom stereocenters. The number of hydrogen-bond donors (Lipinski definition) is 2. The molecule has 4 heteroatoms. The lowest BCUT2D eigenvalue weighted by Gasteiger charge is -2.22. The minimum Gasteiger partial charge on any atom is -0.389 e. The number of hydrogen-bond acceptors (Lipinski definition) is 2. The van der Waals surface area contributed by atoms with Gasteiger partial charge in [-0.15, -0.1) is 0 Å². The first-order chi connectivity index (χ1) is 9.13. The van der Waals surface area contributed by atoms with Crippen LogP contribution < -0.4 is 11.1 Å². The van der Waals surface area contributed by atoms with Crippen LogP contribution in [0.3, 0.4) is 0 Å². The van der Waals surface area contributed by atoms with Crippen LogP contribution in [0.1, 0.15) is 31.2 Å². The molecule has 3 N–H and O–H groups in total. The number of rotatable bonds is 4. The van der Waals surface area contributed by atoms with Crippen molar-refractivity contribution < 1.29 is 4.39 Å². The molecule has 1 aromatic carbocycles. The lowest BCUT2D eigenvalue weighted by molar-refractivity contribution is 0.348. The summed E-state index contributed by atoms with van der Waals surface area (Å²) in [5, 5.41) is 3.35. The van der Waals surface area contributed by atoms with Gasteiger partial charge in [-0.05, 0) is 55.2 Å². The highest BCUT2D eigenvalue weighted by molar-refractivity contribution is 7.80. The van der Waals surface area contributed by atoms with E-state index in [1.54, 1.807) is 6.07 Å². The lowest BCUT2D eigenvalue weighted by Crippen LogP contribution is -2.20. The molecule has 3 rings (SSSR count). The van der Waals surface area contributed by atoms with Gasteiger partial charge in [0.1, 0.15) is 10.8 Å². The zero-order chi connectivity index (χ0) is 13.4. The summed E-state index contributed by atoms with van der Waals surface area (Å²) in [4.78, 5) is 0.108. The Bertz CT molecular complexity index is 503. The summed E-state index contributed by atoms with van der Waals surface area (Å²) >= 11 is 4.80. The zero-order valence-corrected chi connectivity index (χ0v) is 11.7. The smallest absolute Gasteiger partial charge is 0.135 e. The Labute approximate surface area is 118 Å². The first kappa shape index (κ1) is 12.9. The average molecular weight is 278 g/mol. The summed E-state index contributed by atoms with van der Waals surface area (Å²) in [6.07, 6.45) is 5.54. The Balaban J connectivity index is 1.61. The van der Waals surface area contributed by atoms with Crippen LogP contribution in [0.5, 0.6) is 0 Å². The van der Waals surface area contributed by atoms with Gasteiger partial charge in [0, 0.05) is 17.8 Å². The average Bonchev–Trinajstić information content (AvgIpc) is 2.98. The Hall–Kier alpha value is -1.16. The number of fused-ring (bicyclic) bond motifs is 2. The minimum atomic E-state index is -0.342. The SMILES string of the molecule is NC(=S)c1ccc(NCC2CC3CCC2C3)cc1F. The van der Waals surface area contributed by atoms with Crippen molar-refractivity contribution in [3.05, 3.63) is 29.6 Å². The molecule has 2 fully saturated rings. The Kier molecular flexibility index (Phi) is 3.44. The minimum absolute atomic E-state index is 0.108. The van der Waals surface area contributed by atoms with E-state index in [9.17, 15) is 4.39 Å². The second-order valence-corrected chi connectivity index (χ2v) is 6.31. The zero-order valence-electron chi connectivity index (χ0n) is 10.9. The van der Waals surface area contributed by atoms with Gasteiger partial charge in [0.25, 0.3) is 0 Å². The van der Waals surface area contributed by atoms with E-state index in [0.717, 1.165) is 30.0 Å². The Morgan fingerprint density at radius 1 is 1.37 bits per heavy atom. The van der Waals surface area contributed by atoms with Gasteiger partial charge in [-0.3, -0.25) is 0 Å². The maximum Gasteiger partial charge on any atom is 0.135 e. The summed E-state index contributed by atoms with van der Waals surface area (Å²) in [6, 6.07) is 4.99. The molecule has 102 valence electrons. The number of halogens is 1. The highest BCUT2D eigenvalue weighted by atomic mass is 32.1. The van der Waals surface area contributed by atoms with E-state index in [1.807, 2.05) is 6.07 Å². The van der Waals surface area contributed by atoms with E-state index < -0.39 is 0 Å². The fourth-order valence-electron chi connectivity index (χ4n) is 3.70. The van der Waals surface area contributed by atoms with E-state index in [1.165, 1.54) is 31.7 Å². The van der Waals surface area contributed by atoms with Crippen molar-refractivity contribution in [2.45, 2.75) is 25.7 Å². The van der Waals surface area contributed by atoms with Gasteiger partial charge in [0.05, 0.1) is 0 Å². The van der Waals surface area contributed by atoms with Gasteiger partial charge in [-0.25, -0.2) is 4.39 Å². The summed E-state index contributed by atoms with van der Waals surface area (Å²) < 4.78 is 13.7. The van der Waals surface area contributed by atoms with Crippen LogP contribution in [0.25, 0.3) is 0 Å². The van der Waals surface area contributed by atoms with Crippen LogP contribution in [0.2, 0.25) is 0 Å². The fraction of sp³-hybridized carbons (Fsp3) is 0.533. The number of anilines is 1. The maximum absolute atomic E-state index is 13.7. The topological polar surface area (TPSA) is 38.0 Å². The van der Waals surface area contributed by atoms with Crippen molar-refractivity contribution in [1.82, 2.24) is 0 Å². The van der Waals surface area contributed by atoms with Crippen molar-refractivity contribution in [3.8, 4) is 0 Å². The van der Waals surface area contributed by atoms with E-state index in [0.29, 0.717) is 5.56 Å². The normalized spacial score (nSPS) is 28.6. The molecule has 2 nitrogen and oxygen atoms in total. The summed E-state index contributed by atoms with van der Waals surface area (Å²) in [5.74, 6) is 2.26. The highest BCUT2D eigenvalue weighted by Crippen LogP contribution is 2.48. The van der Waals surface area contributed by atoms with E-state index in [4.69, 9.17) is 18.0 Å². The number of nitrogens with two attached hydrogens (primary N) is 1. The van der Waals surface area contributed by atoms with Crippen molar-refractivity contribution in [2.24, 2.45) is 23.5 Å². The number of benzene rings is 1. The van der Waals surface area contributed by atoms with Gasteiger partial charge in [-0.2, -0.15) is 0 Å². The van der Waals surface area contributed by atoms with Crippen molar-refractivity contribution in [1.29, 1.82) is 0 Å². The molecule has 3 atom stereocenters.